The molecular formula is C37H62N6O2. The van der Waals surface area contributed by atoms with E-state index in [2.05, 4.69) is 58.8 Å². The molecule has 2 rings (SSSR count). The first-order valence-electron chi connectivity index (χ1n) is 17.7. The minimum Gasteiger partial charge on any atom is -0.325 e. The number of carbonyl (C=O) groups is 2. The highest BCUT2D eigenvalue weighted by molar-refractivity contribution is 5.89. The number of nitrogens with zero attached hydrogens (tertiary/aromatic N) is 2. The number of hydrogen-bond acceptors (Lipinski definition) is 4. The van der Waals surface area contributed by atoms with Gasteiger partial charge >= 0.3 is 12.1 Å². The van der Waals surface area contributed by atoms with E-state index < -0.39 is 0 Å². The summed E-state index contributed by atoms with van der Waals surface area (Å²) in [6, 6.07) is 15.6. The third kappa shape index (κ3) is 17.8. The van der Waals surface area contributed by atoms with Gasteiger partial charge < -0.3 is 21.3 Å². The molecule has 0 atom stereocenters. The first-order valence-corrected chi connectivity index (χ1v) is 17.7. The van der Waals surface area contributed by atoms with Gasteiger partial charge in [0.1, 0.15) is 0 Å². The number of amides is 4. The van der Waals surface area contributed by atoms with Gasteiger partial charge in [0.15, 0.2) is 0 Å². The molecule has 0 aliphatic carbocycles. The number of urea groups is 2. The smallest absolute Gasteiger partial charge is 0.320 e. The van der Waals surface area contributed by atoms with Crippen molar-refractivity contribution in [3.05, 3.63) is 59.7 Å². The Hall–Kier alpha value is -3.10. The summed E-state index contributed by atoms with van der Waals surface area (Å²) in [5, 5.41) is 12.0. The van der Waals surface area contributed by atoms with Crippen LogP contribution in [0, 0.1) is 0 Å². The van der Waals surface area contributed by atoms with Gasteiger partial charge in [0.05, 0.1) is 13.3 Å². The third-order valence-electron chi connectivity index (χ3n) is 8.07. The molecule has 4 amide bonds. The predicted octanol–water partition coefficient (Wildman–Crippen LogP) is 8.80. The second-order valence-corrected chi connectivity index (χ2v) is 12.2. The monoisotopic (exact) mass is 622 g/mol. The fourth-order valence-corrected chi connectivity index (χ4v) is 5.25. The number of nitrogens with one attached hydrogen (secondary N) is 4. The number of rotatable bonds is 24. The van der Waals surface area contributed by atoms with E-state index >= 15 is 0 Å². The zero-order valence-corrected chi connectivity index (χ0v) is 28.8. The summed E-state index contributed by atoms with van der Waals surface area (Å²) in [4.78, 5) is 29.8. The first kappa shape index (κ1) is 38.1. The molecule has 0 aromatic heterocycles. The van der Waals surface area contributed by atoms with Crippen molar-refractivity contribution in [2.45, 2.75) is 111 Å². The summed E-state index contributed by atoms with van der Waals surface area (Å²) in [7, 11) is 0. The Morgan fingerprint density at radius 3 is 1.09 bits per heavy atom. The zero-order chi connectivity index (χ0) is 32.5. The van der Waals surface area contributed by atoms with Crippen molar-refractivity contribution in [2.75, 3.05) is 50.1 Å². The molecule has 252 valence electrons. The van der Waals surface area contributed by atoms with Crippen molar-refractivity contribution in [1.82, 2.24) is 20.4 Å². The first-order chi connectivity index (χ1) is 22.0. The number of benzene rings is 2. The van der Waals surface area contributed by atoms with E-state index in [0.717, 1.165) is 55.1 Å². The van der Waals surface area contributed by atoms with Gasteiger partial charge in [-0.3, -0.25) is 9.80 Å². The van der Waals surface area contributed by atoms with E-state index in [4.69, 9.17) is 0 Å². The number of hydrogen-bond donors (Lipinski definition) is 4. The minimum absolute atomic E-state index is 0.174. The average molecular weight is 623 g/mol. The van der Waals surface area contributed by atoms with Crippen molar-refractivity contribution >= 4 is 23.4 Å². The average Bonchev–Trinajstić information content (AvgIpc) is 3.04. The Kier molecular flexibility index (Phi) is 20.5. The Morgan fingerprint density at radius 1 is 0.489 bits per heavy atom. The van der Waals surface area contributed by atoms with Gasteiger partial charge in [-0.05, 0) is 93.7 Å². The SMILES string of the molecule is CCCCCN(CCCCC)CNC(=O)Nc1ccc(Cc2ccc(NC(=O)NCN(CCCCC)CCCCC)cc2)cc1. The van der Waals surface area contributed by atoms with Crippen LogP contribution in [0.4, 0.5) is 21.0 Å². The van der Waals surface area contributed by atoms with E-state index in [9.17, 15) is 9.59 Å². The van der Waals surface area contributed by atoms with Crippen molar-refractivity contribution in [1.29, 1.82) is 0 Å². The summed E-state index contributed by atoms with van der Waals surface area (Å²) in [6.07, 6.45) is 15.1. The topological polar surface area (TPSA) is 88.7 Å². The van der Waals surface area contributed by atoms with E-state index in [1.165, 1.54) is 77.0 Å². The van der Waals surface area contributed by atoms with Crippen molar-refractivity contribution in [2.24, 2.45) is 0 Å². The molecular weight excluding hydrogens is 560 g/mol. The largest absolute Gasteiger partial charge is 0.325 e. The Morgan fingerprint density at radius 2 is 0.800 bits per heavy atom. The van der Waals surface area contributed by atoms with Crippen LogP contribution in [0.1, 0.15) is 116 Å². The summed E-state index contributed by atoms with van der Waals surface area (Å²) in [5.41, 5.74) is 3.87. The van der Waals surface area contributed by atoms with Crippen LogP contribution in [0.3, 0.4) is 0 Å². The highest BCUT2D eigenvalue weighted by Gasteiger charge is 2.09. The summed E-state index contributed by atoms with van der Waals surface area (Å²) in [5.74, 6) is 0. The van der Waals surface area contributed by atoms with Crippen LogP contribution in [0.15, 0.2) is 48.5 Å². The number of unbranched alkanes of at least 4 members (excludes halogenated alkanes) is 8. The molecule has 2 aromatic rings. The lowest BCUT2D eigenvalue weighted by molar-refractivity contribution is 0.224. The summed E-state index contributed by atoms with van der Waals surface area (Å²) >= 11 is 0. The molecule has 0 aliphatic rings. The van der Waals surface area contributed by atoms with Crippen molar-refractivity contribution in [3.63, 3.8) is 0 Å². The highest BCUT2D eigenvalue weighted by Crippen LogP contribution is 2.16. The maximum absolute atomic E-state index is 12.6. The van der Waals surface area contributed by atoms with Crippen LogP contribution in [-0.4, -0.2) is 61.4 Å². The second-order valence-electron chi connectivity index (χ2n) is 12.2. The predicted molar refractivity (Wildman–Crippen MR) is 191 cm³/mol. The van der Waals surface area contributed by atoms with E-state index in [1.54, 1.807) is 0 Å². The Bertz CT molecular complexity index is 940. The lowest BCUT2D eigenvalue weighted by Gasteiger charge is -2.22. The number of carbonyl (C=O) groups excluding carboxylic acids is 2. The normalized spacial score (nSPS) is 11.2. The van der Waals surface area contributed by atoms with Gasteiger partial charge in [0.25, 0.3) is 0 Å². The van der Waals surface area contributed by atoms with Gasteiger partial charge in [-0.15, -0.1) is 0 Å². The van der Waals surface area contributed by atoms with E-state index in [0.29, 0.717) is 13.3 Å². The maximum atomic E-state index is 12.6. The van der Waals surface area contributed by atoms with Crippen molar-refractivity contribution < 1.29 is 9.59 Å². The van der Waals surface area contributed by atoms with Gasteiger partial charge in [0.2, 0.25) is 0 Å². The fraction of sp³-hybridized carbons (Fsp3) is 0.622. The molecule has 4 N–H and O–H groups in total. The molecule has 0 heterocycles. The molecule has 0 spiro atoms. The molecule has 0 fully saturated rings. The Balaban J connectivity index is 1.77. The molecule has 8 heteroatoms. The molecule has 0 saturated heterocycles. The zero-order valence-electron chi connectivity index (χ0n) is 28.8. The third-order valence-corrected chi connectivity index (χ3v) is 8.07. The Labute approximate surface area is 274 Å². The van der Waals surface area contributed by atoms with E-state index in [-0.39, 0.29) is 12.1 Å². The molecule has 0 saturated carbocycles. The highest BCUT2D eigenvalue weighted by atomic mass is 16.2. The van der Waals surface area contributed by atoms with Gasteiger partial charge in [-0.1, -0.05) is 103 Å². The van der Waals surface area contributed by atoms with Crippen LogP contribution in [0.2, 0.25) is 0 Å². The molecule has 0 aliphatic heterocycles. The van der Waals surface area contributed by atoms with Gasteiger partial charge in [0, 0.05) is 11.4 Å². The molecule has 0 bridgehead atoms. The van der Waals surface area contributed by atoms with Crippen LogP contribution in [0.5, 0.6) is 0 Å². The van der Waals surface area contributed by atoms with Gasteiger partial charge in [-0.25, -0.2) is 9.59 Å². The second kappa shape index (κ2) is 24.2. The maximum Gasteiger partial charge on any atom is 0.320 e. The fourth-order valence-electron chi connectivity index (χ4n) is 5.25. The minimum atomic E-state index is -0.174. The summed E-state index contributed by atoms with van der Waals surface area (Å²) in [6.45, 7) is 14.1. The van der Waals surface area contributed by atoms with Crippen LogP contribution in [0.25, 0.3) is 0 Å². The molecule has 8 nitrogen and oxygen atoms in total. The molecule has 45 heavy (non-hydrogen) atoms. The van der Waals surface area contributed by atoms with Crippen LogP contribution >= 0.6 is 0 Å². The van der Waals surface area contributed by atoms with Gasteiger partial charge in [-0.2, -0.15) is 0 Å². The quantitative estimate of drug-likeness (QED) is 0.0696. The summed E-state index contributed by atoms with van der Waals surface area (Å²) < 4.78 is 0. The number of anilines is 2. The molecule has 2 aromatic carbocycles. The molecule has 0 unspecified atom stereocenters. The standard InChI is InChI=1S/C37H62N6O2/c1-5-9-13-25-42(26-14-10-6-2)30-38-36(44)40-34-21-17-32(18-22-34)29-33-19-23-35(24-20-33)41-37(45)39-31-43(27-15-11-7-3)28-16-12-8-4/h17-24H,5-16,25-31H2,1-4H3,(H2,38,40,44)(H2,39,41,45). The lowest BCUT2D eigenvalue weighted by atomic mass is 10.0. The van der Waals surface area contributed by atoms with Crippen LogP contribution < -0.4 is 21.3 Å². The lowest BCUT2D eigenvalue weighted by Crippen LogP contribution is -2.40. The molecule has 0 radical (unpaired) electrons. The van der Waals surface area contributed by atoms with E-state index in [1.807, 2.05) is 48.5 Å². The van der Waals surface area contributed by atoms with Crippen molar-refractivity contribution in [3.8, 4) is 0 Å². The van der Waals surface area contributed by atoms with Crippen LogP contribution in [-0.2, 0) is 6.42 Å².